The highest BCUT2D eigenvalue weighted by atomic mass is 35.5. The molecule has 2 aromatic carbocycles. The van der Waals surface area contributed by atoms with Gasteiger partial charge in [-0.15, -0.1) is 0 Å². The van der Waals surface area contributed by atoms with E-state index in [-0.39, 0.29) is 6.04 Å². The van der Waals surface area contributed by atoms with E-state index >= 15 is 0 Å². The first-order valence-electron chi connectivity index (χ1n) is 6.40. The summed E-state index contributed by atoms with van der Waals surface area (Å²) in [6.45, 7) is 5.85. The van der Waals surface area contributed by atoms with Crippen LogP contribution in [0.4, 0.5) is 5.69 Å². The van der Waals surface area contributed by atoms with Gasteiger partial charge in [-0.05, 0) is 67.8 Å². The lowest BCUT2D eigenvalue weighted by Gasteiger charge is -2.19. The van der Waals surface area contributed by atoms with Gasteiger partial charge in [-0.3, -0.25) is 0 Å². The molecule has 0 aromatic heterocycles. The third-order valence-corrected chi connectivity index (χ3v) is 3.92. The van der Waals surface area contributed by atoms with Crippen LogP contribution in [0, 0.1) is 13.8 Å². The zero-order valence-corrected chi connectivity index (χ0v) is 13.2. The van der Waals surface area contributed by atoms with E-state index in [1.54, 1.807) is 18.2 Å². The molecule has 0 aliphatic rings. The van der Waals surface area contributed by atoms with Crippen molar-refractivity contribution in [1.29, 1.82) is 0 Å². The number of aromatic hydroxyl groups is 1. The zero-order chi connectivity index (χ0) is 14.9. The van der Waals surface area contributed by atoms with Crippen molar-refractivity contribution in [1.82, 2.24) is 0 Å². The van der Waals surface area contributed by atoms with Crippen LogP contribution in [-0.2, 0) is 0 Å². The summed E-state index contributed by atoms with van der Waals surface area (Å²) in [6.07, 6.45) is 0. The third kappa shape index (κ3) is 3.20. The van der Waals surface area contributed by atoms with Gasteiger partial charge in [-0.1, -0.05) is 23.2 Å². The van der Waals surface area contributed by atoms with E-state index in [4.69, 9.17) is 23.2 Å². The summed E-state index contributed by atoms with van der Waals surface area (Å²) in [5.74, 6) is 0.307. The molecule has 2 rings (SSSR count). The molecule has 2 nitrogen and oxygen atoms in total. The van der Waals surface area contributed by atoms with E-state index < -0.39 is 0 Å². The maximum atomic E-state index is 9.69. The highest BCUT2D eigenvalue weighted by Gasteiger charge is 2.12. The van der Waals surface area contributed by atoms with E-state index in [0.29, 0.717) is 15.8 Å². The average molecular weight is 310 g/mol. The van der Waals surface area contributed by atoms with Crippen LogP contribution in [-0.4, -0.2) is 5.11 Å². The van der Waals surface area contributed by atoms with Gasteiger partial charge in [0.1, 0.15) is 5.75 Å². The Hall–Kier alpha value is -1.38. The number of halogens is 2. The topological polar surface area (TPSA) is 32.3 Å². The Morgan fingerprint density at radius 2 is 1.75 bits per heavy atom. The first kappa shape index (κ1) is 15.0. The Balaban J connectivity index is 2.30. The van der Waals surface area contributed by atoms with Gasteiger partial charge in [0.15, 0.2) is 0 Å². The standard InChI is InChI=1S/C16H17Cl2NO/c1-9-7-16(20)10(2)6-15(9)19-11(3)13-8-12(17)4-5-14(13)18/h4-8,11,19-20H,1-3H3. The number of hydrogen-bond acceptors (Lipinski definition) is 2. The number of hydrogen-bond donors (Lipinski definition) is 2. The molecule has 1 unspecified atom stereocenters. The summed E-state index contributed by atoms with van der Waals surface area (Å²) >= 11 is 12.2. The Bertz CT molecular complexity index is 641. The minimum Gasteiger partial charge on any atom is -0.508 e. The molecule has 0 aliphatic heterocycles. The number of nitrogens with one attached hydrogen (secondary N) is 1. The summed E-state index contributed by atoms with van der Waals surface area (Å²) in [4.78, 5) is 0. The number of benzene rings is 2. The Morgan fingerprint density at radius 3 is 2.45 bits per heavy atom. The summed E-state index contributed by atoms with van der Waals surface area (Å²) in [5, 5.41) is 14.4. The molecule has 0 spiro atoms. The lowest BCUT2D eigenvalue weighted by Crippen LogP contribution is -2.08. The van der Waals surface area contributed by atoms with Crippen molar-refractivity contribution in [3.8, 4) is 5.75 Å². The van der Waals surface area contributed by atoms with Gasteiger partial charge in [-0.2, -0.15) is 0 Å². The normalized spacial score (nSPS) is 12.2. The minimum atomic E-state index is 0.0174. The molecular weight excluding hydrogens is 293 g/mol. The fourth-order valence-corrected chi connectivity index (χ4v) is 2.58. The van der Waals surface area contributed by atoms with Gasteiger partial charge in [0, 0.05) is 15.7 Å². The molecule has 2 N–H and O–H groups in total. The molecule has 1 atom stereocenters. The smallest absolute Gasteiger partial charge is 0.118 e. The Labute approximate surface area is 129 Å². The number of anilines is 1. The van der Waals surface area contributed by atoms with Gasteiger partial charge < -0.3 is 10.4 Å². The Morgan fingerprint density at radius 1 is 1.05 bits per heavy atom. The first-order chi connectivity index (χ1) is 9.38. The predicted octanol–water partition coefficient (Wildman–Crippen LogP) is 5.49. The van der Waals surface area contributed by atoms with Crippen LogP contribution < -0.4 is 5.32 Å². The maximum absolute atomic E-state index is 9.69. The molecule has 20 heavy (non-hydrogen) atoms. The van der Waals surface area contributed by atoms with E-state index in [1.807, 2.05) is 32.9 Å². The fraction of sp³-hybridized carbons (Fsp3) is 0.250. The first-order valence-corrected chi connectivity index (χ1v) is 7.15. The lowest BCUT2D eigenvalue weighted by atomic mass is 10.1. The van der Waals surface area contributed by atoms with E-state index in [9.17, 15) is 5.11 Å². The van der Waals surface area contributed by atoms with Crippen molar-refractivity contribution in [3.05, 3.63) is 57.1 Å². The van der Waals surface area contributed by atoms with Crippen LogP contribution in [0.15, 0.2) is 30.3 Å². The second-order valence-corrected chi connectivity index (χ2v) is 5.83. The van der Waals surface area contributed by atoms with Gasteiger partial charge in [0.25, 0.3) is 0 Å². The van der Waals surface area contributed by atoms with Crippen molar-refractivity contribution in [2.45, 2.75) is 26.8 Å². The van der Waals surface area contributed by atoms with Crippen LogP contribution in [0.3, 0.4) is 0 Å². The molecule has 0 aliphatic carbocycles. The summed E-state index contributed by atoms with van der Waals surface area (Å²) in [5.41, 5.74) is 3.74. The third-order valence-electron chi connectivity index (χ3n) is 3.34. The second kappa shape index (κ2) is 5.94. The minimum absolute atomic E-state index is 0.0174. The number of phenolic OH excluding ortho intramolecular Hbond substituents is 1. The molecule has 0 amide bonds. The van der Waals surface area contributed by atoms with Gasteiger partial charge >= 0.3 is 0 Å². The quantitative estimate of drug-likeness (QED) is 0.735. The zero-order valence-electron chi connectivity index (χ0n) is 11.7. The summed E-state index contributed by atoms with van der Waals surface area (Å²) in [7, 11) is 0. The van der Waals surface area contributed by atoms with Crippen molar-refractivity contribution >= 4 is 28.9 Å². The van der Waals surface area contributed by atoms with Crippen LogP contribution in [0.1, 0.15) is 29.7 Å². The molecule has 0 saturated carbocycles. The second-order valence-electron chi connectivity index (χ2n) is 4.99. The molecule has 0 bridgehead atoms. The highest BCUT2D eigenvalue weighted by Crippen LogP contribution is 2.31. The molecule has 0 fully saturated rings. The van der Waals surface area contributed by atoms with E-state index in [2.05, 4.69) is 5.32 Å². The van der Waals surface area contributed by atoms with Crippen LogP contribution in [0.2, 0.25) is 10.0 Å². The van der Waals surface area contributed by atoms with Crippen LogP contribution in [0.5, 0.6) is 5.75 Å². The molecule has 4 heteroatoms. The summed E-state index contributed by atoms with van der Waals surface area (Å²) < 4.78 is 0. The fourth-order valence-electron chi connectivity index (χ4n) is 2.11. The largest absolute Gasteiger partial charge is 0.508 e. The van der Waals surface area contributed by atoms with Crippen molar-refractivity contribution < 1.29 is 5.11 Å². The Kier molecular flexibility index (Phi) is 4.46. The summed E-state index contributed by atoms with van der Waals surface area (Å²) in [6, 6.07) is 9.14. The molecule has 106 valence electrons. The number of aryl methyl sites for hydroxylation is 2. The average Bonchev–Trinajstić information content (AvgIpc) is 2.38. The lowest BCUT2D eigenvalue weighted by molar-refractivity contribution is 0.470. The molecule has 0 heterocycles. The van der Waals surface area contributed by atoms with E-state index in [1.165, 1.54) is 0 Å². The number of rotatable bonds is 3. The van der Waals surface area contributed by atoms with Crippen molar-refractivity contribution in [2.24, 2.45) is 0 Å². The maximum Gasteiger partial charge on any atom is 0.118 e. The highest BCUT2D eigenvalue weighted by molar-refractivity contribution is 6.33. The SMILES string of the molecule is Cc1cc(NC(C)c2cc(Cl)ccc2Cl)c(C)cc1O. The van der Waals surface area contributed by atoms with Crippen molar-refractivity contribution in [2.75, 3.05) is 5.32 Å². The molecular formula is C16H17Cl2NO. The van der Waals surface area contributed by atoms with Gasteiger partial charge in [0.2, 0.25) is 0 Å². The van der Waals surface area contributed by atoms with Crippen LogP contribution in [0.25, 0.3) is 0 Å². The van der Waals surface area contributed by atoms with Gasteiger partial charge in [0.05, 0.1) is 6.04 Å². The predicted molar refractivity (Wildman–Crippen MR) is 86.1 cm³/mol. The van der Waals surface area contributed by atoms with Gasteiger partial charge in [-0.25, -0.2) is 0 Å². The van der Waals surface area contributed by atoms with E-state index in [0.717, 1.165) is 22.4 Å². The molecule has 2 aromatic rings. The molecule has 0 radical (unpaired) electrons. The van der Waals surface area contributed by atoms with Crippen LogP contribution >= 0.6 is 23.2 Å². The molecule has 0 saturated heterocycles. The van der Waals surface area contributed by atoms with Crippen molar-refractivity contribution in [3.63, 3.8) is 0 Å². The monoisotopic (exact) mass is 309 g/mol. The number of phenols is 1.